The van der Waals surface area contributed by atoms with E-state index >= 15 is 0 Å². The molecular weight excluding hydrogens is 308 g/mol. The maximum atomic E-state index is 4.49. The van der Waals surface area contributed by atoms with Gasteiger partial charge in [-0.3, -0.25) is 0 Å². The van der Waals surface area contributed by atoms with E-state index in [0.29, 0.717) is 12.0 Å². The molecule has 1 N–H and O–H groups in total. The van der Waals surface area contributed by atoms with Crippen molar-refractivity contribution in [3.8, 4) is 0 Å². The summed E-state index contributed by atoms with van der Waals surface area (Å²) in [7, 11) is 0. The second-order valence-corrected chi connectivity index (χ2v) is 8.66. The molecular formula is C21H32N4. The summed E-state index contributed by atoms with van der Waals surface area (Å²) in [5.41, 5.74) is 3.06. The maximum Gasteiger partial charge on any atom is 0.147 e. The lowest BCUT2D eigenvalue weighted by Crippen LogP contribution is -2.40. The minimum absolute atomic E-state index is 0.227. The summed E-state index contributed by atoms with van der Waals surface area (Å²) in [6.07, 6.45) is 3.31. The van der Waals surface area contributed by atoms with Crippen LogP contribution < -0.4 is 5.32 Å². The zero-order valence-corrected chi connectivity index (χ0v) is 16.3. The number of aryl methyl sites for hydroxylation is 2. The summed E-state index contributed by atoms with van der Waals surface area (Å²) in [6.45, 7) is 13.1. The fourth-order valence-electron chi connectivity index (χ4n) is 3.58. The molecule has 4 heteroatoms. The van der Waals surface area contributed by atoms with Crippen molar-refractivity contribution in [1.29, 1.82) is 0 Å². The van der Waals surface area contributed by atoms with Crippen LogP contribution in [0.1, 0.15) is 56.9 Å². The summed E-state index contributed by atoms with van der Waals surface area (Å²) in [4.78, 5) is 4.49. The normalized spacial score (nSPS) is 18.8. The molecule has 2 heterocycles. The molecule has 1 aliphatic heterocycles. The summed E-state index contributed by atoms with van der Waals surface area (Å²) in [5.74, 6) is 2.66. The van der Waals surface area contributed by atoms with Crippen LogP contribution in [-0.2, 0) is 24.8 Å². The number of nitrogens with zero attached hydrogens (tertiary/aromatic N) is 3. The molecule has 1 aromatic heterocycles. The number of fused-ring (bicyclic) bond motifs is 1. The standard InChI is InChI=1S/C21H32N4/c1-15(12-17-6-8-18(9-7-17)21(3,4)5)13-22-19-10-11-20-23-16(2)24-25(20)14-19/h6-9,15,19,22H,10-14H2,1-5H3/t15-,19-/m1/s1. The van der Waals surface area contributed by atoms with Gasteiger partial charge in [0.1, 0.15) is 11.6 Å². The topological polar surface area (TPSA) is 42.7 Å². The molecule has 2 atom stereocenters. The second-order valence-electron chi connectivity index (χ2n) is 8.66. The van der Waals surface area contributed by atoms with Crippen molar-refractivity contribution in [1.82, 2.24) is 20.1 Å². The van der Waals surface area contributed by atoms with Crippen molar-refractivity contribution >= 4 is 0 Å². The van der Waals surface area contributed by atoms with Crippen LogP contribution in [0.5, 0.6) is 0 Å². The molecule has 0 aliphatic carbocycles. The molecule has 1 aromatic carbocycles. The van der Waals surface area contributed by atoms with Crippen molar-refractivity contribution in [2.24, 2.45) is 5.92 Å². The zero-order chi connectivity index (χ0) is 18.0. The fraction of sp³-hybridized carbons (Fsp3) is 0.619. The van der Waals surface area contributed by atoms with Crippen LogP contribution in [0.2, 0.25) is 0 Å². The minimum atomic E-state index is 0.227. The molecule has 0 fully saturated rings. The van der Waals surface area contributed by atoms with Crippen molar-refractivity contribution in [2.45, 2.75) is 71.9 Å². The van der Waals surface area contributed by atoms with Crippen LogP contribution in [-0.4, -0.2) is 27.4 Å². The third-order valence-electron chi connectivity index (χ3n) is 5.12. The van der Waals surface area contributed by atoms with E-state index in [0.717, 1.165) is 44.0 Å². The lowest BCUT2D eigenvalue weighted by Gasteiger charge is -2.25. The van der Waals surface area contributed by atoms with Crippen LogP contribution in [0, 0.1) is 12.8 Å². The van der Waals surface area contributed by atoms with E-state index in [1.807, 2.05) is 6.92 Å². The molecule has 0 saturated heterocycles. The van der Waals surface area contributed by atoms with E-state index in [4.69, 9.17) is 0 Å². The number of hydrogen-bond acceptors (Lipinski definition) is 3. The van der Waals surface area contributed by atoms with E-state index in [2.05, 4.69) is 72.0 Å². The summed E-state index contributed by atoms with van der Waals surface area (Å²) in [6, 6.07) is 9.67. The van der Waals surface area contributed by atoms with Crippen LogP contribution in [0.15, 0.2) is 24.3 Å². The Morgan fingerprint density at radius 3 is 2.64 bits per heavy atom. The van der Waals surface area contributed by atoms with Gasteiger partial charge in [0.2, 0.25) is 0 Å². The summed E-state index contributed by atoms with van der Waals surface area (Å²) >= 11 is 0. The Labute approximate surface area is 152 Å². The number of hydrogen-bond donors (Lipinski definition) is 1. The van der Waals surface area contributed by atoms with Crippen LogP contribution in [0.3, 0.4) is 0 Å². The average Bonchev–Trinajstić information content (AvgIpc) is 2.92. The van der Waals surface area contributed by atoms with Gasteiger partial charge in [-0.2, -0.15) is 5.10 Å². The first-order chi connectivity index (χ1) is 11.8. The molecule has 2 aromatic rings. The van der Waals surface area contributed by atoms with Crippen molar-refractivity contribution in [3.05, 3.63) is 47.0 Å². The average molecular weight is 341 g/mol. The molecule has 0 spiro atoms. The fourth-order valence-corrected chi connectivity index (χ4v) is 3.58. The van der Waals surface area contributed by atoms with Gasteiger partial charge >= 0.3 is 0 Å². The quantitative estimate of drug-likeness (QED) is 0.903. The molecule has 0 amide bonds. The van der Waals surface area contributed by atoms with Gasteiger partial charge in [0.25, 0.3) is 0 Å². The first kappa shape index (κ1) is 18.1. The number of benzene rings is 1. The van der Waals surface area contributed by atoms with Crippen LogP contribution >= 0.6 is 0 Å². The molecule has 25 heavy (non-hydrogen) atoms. The first-order valence-electron chi connectivity index (χ1n) is 9.54. The van der Waals surface area contributed by atoms with Gasteiger partial charge in [0.15, 0.2) is 0 Å². The van der Waals surface area contributed by atoms with Gasteiger partial charge in [-0.1, -0.05) is 52.0 Å². The van der Waals surface area contributed by atoms with Gasteiger partial charge < -0.3 is 5.32 Å². The first-order valence-corrected chi connectivity index (χ1v) is 9.54. The van der Waals surface area contributed by atoms with Crippen LogP contribution in [0.4, 0.5) is 0 Å². The predicted octanol–water partition coefficient (Wildman–Crippen LogP) is 3.67. The minimum Gasteiger partial charge on any atom is -0.312 e. The molecule has 0 saturated carbocycles. The number of nitrogens with one attached hydrogen (secondary N) is 1. The number of rotatable bonds is 5. The molecule has 136 valence electrons. The van der Waals surface area contributed by atoms with Gasteiger partial charge in [-0.05, 0) is 48.8 Å². The highest BCUT2D eigenvalue weighted by atomic mass is 15.4. The third kappa shape index (κ3) is 4.69. The van der Waals surface area contributed by atoms with Crippen molar-refractivity contribution < 1.29 is 0 Å². The van der Waals surface area contributed by atoms with Gasteiger partial charge in [-0.25, -0.2) is 9.67 Å². The molecule has 0 unspecified atom stereocenters. The molecule has 0 radical (unpaired) electrons. The Kier molecular flexibility index (Phi) is 5.28. The van der Waals surface area contributed by atoms with E-state index in [1.165, 1.54) is 11.1 Å². The van der Waals surface area contributed by atoms with Crippen molar-refractivity contribution in [3.63, 3.8) is 0 Å². The number of aromatic nitrogens is 3. The highest BCUT2D eigenvalue weighted by Crippen LogP contribution is 2.23. The SMILES string of the molecule is Cc1nc2n(n1)C[C@H](NC[C@H](C)Cc1ccc(C(C)(C)C)cc1)CC2. The Morgan fingerprint density at radius 2 is 1.96 bits per heavy atom. The smallest absolute Gasteiger partial charge is 0.147 e. The Morgan fingerprint density at radius 1 is 1.24 bits per heavy atom. The van der Waals surface area contributed by atoms with E-state index in [9.17, 15) is 0 Å². The third-order valence-corrected chi connectivity index (χ3v) is 5.12. The van der Waals surface area contributed by atoms with Gasteiger partial charge in [-0.15, -0.1) is 0 Å². The lowest BCUT2D eigenvalue weighted by molar-refractivity contribution is 0.340. The highest BCUT2D eigenvalue weighted by Gasteiger charge is 2.21. The van der Waals surface area contributed by atoms with E-state index < -0.39 is 0 Å². The maximum absolute atomic E-state index is 4.49. The van der Waals surface area contributed by atoms with Gasteiger partial charge in [0, 0.05) is 12.5 Å². The second kappa shape index (κ2) is 7.28. The van der Waals surface area contributed by atoms with E-state index in [-0.39, 0.29) is 5.41 Å². The van der Waals surface area contributed by atoms with Gasteiger partial charge in [0.05, 0.1) is 6.54 Å². The Balaban J connectivity index is 1.48. The predicted molar refractivity (Wildman–Crippen MR) is 103 cm³/mol. The Bertz CT molecular complexity index is 694. The molecule has 1 aliphatic rings. The monoisotopic (exact) mass is 340 g/mol. The molecule has 0 bridgehead atoms. The largest absolute Gasteiger partial charge is 0.312 e. The molecule has 4 nitrogen and oxygen atoms in total. The summed E-state index contributed by atoms with van der Waals surface area (Å²) < 4.78 is 2.08. The lowest BCUT2D eigenvalue weighted by atomic mass is 9.86. The van der Waals surface area contributed by atoms with Crippen LogP contribution in [0.25, 0.3) is 0 Å². The Hall–Kier alpha value is -1.68. The van der Waals surface area contributed by atoms with E-state index in [1.54, 1.807) is 0 Å². The highest BCUT2D eigenvalue weighted by molar-refractivity contribution is 5.27. The summed E-state index contributed by atoms with van der Waals surface area (Å²) in [5, 5.41) is 8.23. The molecule has 3 rings (SSSR count). The zero-order valence-electron chi connectivity index (χ0n) is 16.3. The van der Waals surface area contributed by atoms with Crippen molar-refractivity contribution in [2.75, 3.05) is 6.54 Å².